The van der Waals surface area contributed by atoms with Crippen LogP contribution in [0.4, 0.5) is 11.5 Å². The molecule has 0 aliphatic carbocycles. The Kier molecular flexibility index (Phi) is 5.14. The topological polar surface area (TPSA) is 83.1 Å². The summed E-state index contributed by atoms with van der Waals surface area (Å²) in [4.78, 5) is 16.4. The second-order valence-corrected chi connectivity index (χ2v) is 5.69. The minimum atomic E-state index is -0.603. The van der Waals surface area contributed by atoms with E-state index in [0.717, 1.165) is 5.56 Å². The summed E-state index contributed by atoms with van der Waals surface area (Å²) in [7, 11) is 0. The molecule has 0 spiro atoms. The van der Waals surface area contributed by atoms with Crippen LogP contribution in [-0.2, 0) is 6.54 Å². The van der Waals surface area contributed by atoms with Gasteiger partial charge in [0.25, 0.3) is 0 Å². The van der Waals surface area contributed by atoms with E-state index in [1.165, 1.54) is 6.07 Å². The highest BCUT2D eigenvalue weighted by molar-refractivity contribution is 6.30. The second-order valence-electron chi connectivity index (χ2n) is 5.25. The molecule has 1 aromatic heterocycles. The molecule has 0 fully saturated rings. The van der Waals surface area contributed by atoms with Gasteiger partial charge in [0.15, 0.2) is 0 Å². The number of anilines is 1. The van der Waals surface area contributed by atoms with E-state index in [1.807, 2.05) is 30.9 Å². The average Bonchev–Trinajstić information content (AvgIpc) is 2.53. The largest absolute Gasteiger partial charge is 0.350 e. The van der Waals surface area contributed by atoms with Gasteiger partial charge < -0.3 is 4.90 Å². The molecular weight excluding hydrogens is 316 g/mol. The first-order valence-electron chi connectivity index (χ1n) is 6.99. The molecule has 0 aliphatic rings. The quantitative estimate of drug-likeness (QED) is 0.612. The van der Waals surface area contributed by atoms with Gasteiger partial charge in [-0.25, -0.2) is 4.98 Å². The lowest BCUT2D eigenvalue weighted by Gasteiger charge is -2.28. The Labute approximate surface area is 139 Å². The fraction of sp³-hybridized carbons (Fsp3) is 0.250. The highest BCUT2D eigenvalue weighted by Crippen LogP contribution is 2.24. The van der Waals surface area contributed by atoms with Crippen molar-refractivity contribution in [2.75, 3.05) is 4.90 Å². The first-order chi connectivity index (χ1) is 10.9. The summed E-state index contributed by atoms with van der Waals surface area (Å²) in [6.45, 7) is 4.54. The number of pyridine rings is 1. The normalized spacial score (nSPS) is 10.4. The molecule has 0 radical (unpaired) electrons. The van der Waals surface area contributed by atoms with Crippen molar-refractivity contribution in [3.63, 3.8) is 0 Å². The molecule has 118 valence electrons. The maximum Gasteiger partial charge on any atom is 0.305 e. The van der Waals surface area contributed by atoms with E-state index in [4.69, 9.17) is 16.9 Å². The molecule has 2 aromatic rings. The van der Waals surface area contributed by atoms with Crippen LogP contribution < -0.4 is 4.90 Å². The Morgan fingerprint density at radius 3 is 2.48 bits per heavy atom. The fourth-order valence-electron chi connectivity index (χ4n) is 2.15. The molecule has 7 heteroatoms. The van der Waals surface area contributed by atoms with Gasteiger partial charge >= 0.3 is 5.69 Å². The van der Waals surface area contributed by atoms with Crippen LogP contribution in [0.15, 0.2) is 36.4 Å². The van der Waals surface area contributed by atoms with E-state index in [1.54, 1.807) is 24.3 Å². The lowest BCUT2D eigenvalue weighted by molar-refractivity contribution is -0.385. The Morgan fingerprint density at radius 1 is 1.30 bits per heavy atom. The second kappa shape index (κ2) is 7.07. The number of aromatic nitrogens is 1. The summed E-state index contributed by atoms with van der Waals surface area (Å²) < 4.78 is 0. The van der Waals surface area contributed by atoms with E-state index in [2.05, 4.69) is 4.98 Å². The summed E-state index contributed by atoms with van der Waals surface area (Å²) in [5.41, 5.74) is 0.558. The standard InChI is InChI=1S/C16H15ClN4O2/c1-11(2)20(10-12-3-5-13(17)6-4-12)16-8-7-15(21(22)23)14(9-18)19-16/h3-8,11H,10H2,1-2H3. The van der Waals surface area contributed by atoms with Crippen LogP contribution in [0.25, 0.3) is 0 Å². The molecule has 2 rings (SSSR count). The fourth-order valence-corrected chi connectivity index (χ4v) is 2.27. The minimum Gasteiger partial charge on any atom is -0.350 e. The van der Waals surface area contributed by atoms with E-state index in [9.17, 15) is 10.1 Å². The highest BCUT2D eigenvalue weighted by atomic mass is 35.5. The zero-order chi connectivity index (χ0) is 17.0. The van der Waals surface area contributed by atoms with Crippen LogP contribution in [0, 0.1) is 21.4 Å². The van der Waals surface area contributed by atoms with Gasteiger partial charge in [-0.2, -0.15) is 5.26 Å². The van der Waals surface area contributed by atoms with Gasteiger partial charge in [0, 0.05) is 23.7 Å². The average molecular weight is 331 g/mol. The van der Waals surface area contributed by atoms with Crippen LogP contribution in [0.1, 0.15) is 25.1 Å². The summed E-state index contributed by atoms with van der Waals surface area (Å²) in [6, 6.07) is 12.2. The maximum absolute atomic E-state index is 10.9. The number of nitro groups is 1. The highest BCUT2D eigenvalue weighted by Gasteiger charge is 2.19. The van der Waals surface area contributed by atoms with Gasteiger partial charge in [0.2, 0.25) is 5.69 Å². The zero-order valence-electron chi connectivity index (χ0n) is 12.7. The van der Waals surface area contributed by atoms with E-state index >= 15 is 0 Å². The zero-order valence-corrected chi connectivity index (χ0v) is 13.5. The van der Waals surface area contributed by atoms with Gasteiger partial charge in [0.1, 0.15) is 11.9 Å². The van der Waals surface area contributed by atoms with Gasteiger partial charge in [-0.3, -0.25) is 10.1 Å². The minimum absolute atomic E-state index is 0.103. The number of nitrogens with zero attached hydrogens (tertiary/aromatic N) is 4. The molecule has 0 atom stereocenters. The molecule has 1 heterocycles. The first-order valence-corrected chi connectivity index (χ1v) is 7.36. The number of hydrogen-bond donors (Lipinski definition) is 0. The monoisotopic (exact) mass is 330 g/mol. The van der Waals surface area contributed by atoms with Crippen molar-refractivity contribution in [1.82, 2.24) is 4.98 Å². The maximum atomic E-state index is 10.9. The molecule has 0 aliphatic heterocycles. The van der Waals surface area contributed by atoms with Crippen LogP contribution in [0.2, 0.25) is 5.02 Å². The number of nitriles is 1. The summed E-state index contributed by atoms with van der Waals surface area (Å²) in [5, 5.41) is 20.6. The van der Waals surface area contributed by atoms with Gasteiger partial charge in [-0.1, -0.05) is 23.7 Å². The van der Waals surface area contributed by atoms with E-state index in [-0.39, 0.29) is 17.4 Å². The van der Waals surface area contributed by atoms with Crippen molar-refractivity contribution >= 4 is 23.1 Å². The van der Waals surface area contributed by atoms with Crippen LogP contribution >= 0.6 is 11.6 Å². The van der Waals surface area contributed by atoms with E-state index < -0.39 is 4.92 Å². The van der Waals surface area contributed by atoms with Crippen LogP contribution in [-0.4, -0.2) is 15.9 Å². The molecule has 0 unspecified atom stereocenters. The number of benzene rings is 1. The lowest BCUT2D eigenvalue weighted by atomic mass is 10.2. The van der Waals surface area contributed by atoms with Gasteiger partial charge in [0.05, 0.1) is 4.92 Å². The molecule has 0 N–H and O–H groups in total. The summed E-state index contributed by atoms with van der Waals surface area (Å²) >= 11 is 5.89. The number of halogens is 1. The lowest BCUT2D eigenvalue weighted by Crippen LogP contribution is -2.31. The smallest absolute Gasteiger partial charge is 0.305 e. The Balaban J connectivity index is 2.36. The third-order valence-corrected chi connectivity index (χ3v) is 3.60. The van der Waals surface area contributed by atoms with Crippen molar-refractivity contribution in [3.05, 3.63) is 62.8 Å². The van der Waals surface area contributed by atoms with Crippen molar-refractivity contribution in [3.8, 4) is 6.07 Å². The Hall–Kier alpha value is -2.65. The van der Waals surface area contributed by atoms with Crippen LogP contribution in [0.3, 0.4) is 0 Å². The molecule has 1 aromatic carbocycles. The molecule has 23 heavy (non-hydrogen) atoms. The van der Waals surface area contributed by atoms with Gasteiger partial charge in [-0.05, 0) is 37.6 Å². The number of hydrogen-bond acceptors (Lipinski definition) is 5. The summed E-state index contributed by atoms with van der Waals surface area (Å²) in [5.74, 6) is 0.525. The van der Waals surface area contributed by atoms with Crippen molar-refractivity contribution in [2.45, 2.75) is 26.4 Å². The van der Waals surface area contributed by atoms with E-state index in [0.29, 0.717) is 17.4 Å². The predicted molar refractivity (Wildman–Crippen MR) is 88.4 cm³/mol. The molecule has 0 bridgehead atoms. The molecular formula is C16H15ClN4O2. The molecule has 0 saturated heterocycles. The molecule has 0 amide bonds. The van der Waals surface area contributed by atoms with Crippen molar-refractivity contribution < 1.29 is 4.92 Å². The number of rotatable bonds is 5. The van der Waals surface area contributed by atoms with Gasteiger partial charge in [-0.15, -0.1) is 0 Å². The van der Waals surface area contributed by atoms with Crippen molar-refractivity contribution in [1.29, 1.82) is 5.26 Å². The molecule has 0 saturated carbocycles. The third kappa shape index (κ3) is 3.96. The predicted octanol–water partition coefficient (Wildman–Crippen LogP) is 3.93. The Bertz CT molecular complexity index is 754. The third-order valence-electron chi connectivity index (χ3n) is 3.35. The molecule has 6 nitrogen and oxygen atoms in total. The SMILES string of the molecule is CC(C)N(Cc1ccc(Cl)cc1)c1ccc([N+](=O)[O-])c(C#N)n1. The first kappa shape index (κ1) is 16.7. The summed E-state index contributed by atoms with van der Waals surface area (Å²) in [6.07, 6.45) is 0. The Morgan fingerprint density at radius 2 is 1.96 bits per heavy atom. The van der Waals surface area contributed by atoms with Crippen LogP contribution in [0.5, 0.6) is 0 Å². The van der Waals surface area contributed by atoms with Crippen molar-refractivity contribution in [2.24, 2.45) is 0 Å².